The summed E-state index contributed by atoms with van der Waals surface area (Å²) in [6.07, 6.45) is 1.76. The summed E-state index contributed by atoms with van der Waals surface area (Å²) < 4.78 is 2.19. The summed E-state index contributed by atoms with van der Waals surface area (Å²) in [7, 11) is 0. The minimum absolute atomic E-state index is 0.0432. The van der Waals surface area contributed by atoms with Gasteiger partial charge in [-0.05, 0) is 87.3 Å². The second-order valence-electron chi connectivity index (χ2n) is 8.68. The molecule has 1 amide bonds. The molecular weight excluding hydrogens is 442 g/mol. The fraction of sp³-hybridized carbons (Fsp3) is 0.185. The molecule has 0 aliphatic carbocycles. The van der Waals surface area contributed by atoms with Crippen LogP contribution in [0.1, 0.15) is 39.2 Å². The third-order valence-corrected chi connectivity index (χ3v) is 7.26. The molecule has 0 spiro atoms. The summed E-state index contributed by atoms with van der Waals surface area (Å²) in [5, 5.41) is 15.9. The van der Waals surface area contributed by atoms with Crippen molar-refractivity contribution in [2.45, 2.75) is 34.6 Å². The van der Waals surface area contributed by atoms with E-state index in [0.717, 1.165) is 38.8 Å². The van der Waals surface area contributed by atoms with Crippen LogP contribution in [0.5, 0.6) is 0 Å². The van der Waals surface area contributed by atoms with Crippen LogP contribution < -0.4 is 0 Å². The van der Waals surface area contributed by atoms with Crippen molar-refractivity contribution in [3.63, 3.8) is 0 Å². The Morgan fingerprint density at radius 2 is 1.76 bits per heavy atom. The monoisotopic (exact) mass is 467 g/mol. The summed E-state index contributed by atoms with van der Waals surface area (Å²) in [5.74, 6) is -0.373. The van der Waals surface area contributed by atoms with Gasteiger partial charge in [0, 0.05) is 22.6 Å². The largest absolute Gasteiger partial charge is 0.318 e. The van der Waals surface area contributed by atoms with Gasteiger partial charge in [-0.15, -0.1) is 0 Å². The molecule has 0 atom stereocenters. The molecule has 2 aliphatic rings. The molecule has 6 nitrogen and oxygen atoms in total. The Bertz CT molecular complexity index is 1470. The van der Waals surface area contributed by atoms with Crippen LogP contribution in [0.3, 0.4) is 0 Å². The van der Waals surface area contributed by atoms with Gasteiger partial charge in [-0.1, -0.05) is 35.9 Å². The van der Waals surface area contributed by atoms with Gasteiger partial charge in [0.1, 0.15) is 5.04 Å². The molecule has 0 fully saturated rings. The first kappa shape index (κ1) is 22.1. The van der Waals surface area contributed by atoms with Gasteiger partial charge in [-0.3, -0.25) is 10.2 Å². The van der Waals surface area contributed by atoms with E-state index in [1.807, 2.05) is 44.2 Å². The molecule has 3 heterocycles. The number of rotatable bonds is 3. The van der Waals surface area contributed by atoms with E-state index in [1.165, 1.54) is 27.9 Å². The molecule has 0 saturated heterocycles. The Morgan fingerprint density at radius 1 is 1.00 bits per heavy atom. The van der Waals surface area contributed by atoms with E-state index in [1.54, 1.807) is 6.08 Å². The molecule has 7 heteroatoms. The van der Waals surface area contributed by atoms with E-state index < -0.39 is 5.91 Å². The fourth-order valence-corrected chi connectivity index (χ4v) is 5.21. The zero-order chi connectivity index (χ0) is 24.1. The van der Waals surface area contributed by atoms with E-state index in [-0.39, 0.29) is 11.4 Å². The number of carbonyl (C=O) groups excluding carboxylic acids is 1. The predicted molar refractivity (Wildman–Crippen MR) is 140 cm³/mol. The van der Waals surface area contributed by atoms with E-state index in [0.29, 0.717) is 5.17 Å². The Labute approximate surface area is 203 Å². The van der Waals surface area contributed by atoms with Crippen LogP contribution in [0.4, 0.5) is 0 Å². The van der Waals surface area contributed by atoms with Crippen LogP contribution in [-0.4, -0.2) is 31.5 Å². The van der Waals surface area contributed by atoms with Gasteiger partial charge in [-0.25, -0.2) is 0 Å². The molecule has 34 heavy (non-hydrogen) atoms. The van der Waals surface area contributed by atoms with E-state index in [4.69, 9.17) is 5.41 Å². The lowest BCUT2D eigenvalue weighted by Gasteiger charge is -2.20. The number of thioether (sulfide) groups is 1. The predicted octanol–water partition coefficient (Wildman–Crippen LogP) is 5.69. The van der Waals surface area contributed by atoms with Gasteiger partial charge < -0.3 is 4.57 Å². The minimum Gasteiger partial charge on any atom is -0.318 e. The Kier molecular flexibility index (Phi) is 5.37. The van der Waals surface area contributed by atoms with Crippen LogP contribution in [-0.2, 0) is 4.79 Å². The highest BCUT2D eigenvalue weighted by Crippen LogP contribution is 2.32. The molecule has 3 aromatic rings. The average Bonchev–Trinajstić information content (AvgIpc) is 3.34. The molecule has 170 valence electrons. The molecule has 0 bridgehead atoms. The van der Waals surface area contributed by atoms with Crippen LogP contribution in [0, 0.1) is 40.0 Å². The fourth-order valence-electron chi connectivity index (χ4n) is 4.32. The zero-order valence-corrected chi connectivity index (χ0v) is 20.6. The lowest BCUT2D eigenvalue weighted by molar-refractivity contribution is -0.114. The quantitative estimate of drug-likeness (QED) is 0.503. The molecular formula is C27H25N5OS. The number of amidine groups is 2. The van der Waals surface area contributed by atoms with Crippen molar-refractivity contribution in [2.24, 2.45) is 10.1 Å². The average molecular weight is 468 g/mol. The smallest absolute Gasteiger partial charge is 0.283 e. The number of carbonyl (C=O) groups is 1. The number of amides is 1. The van der Waals surface area contributed by atoms with E-state index in [2.05, 4.69) is 53.6 Å². The molecule has 0 saturated carbocycles. The van der Waals surface area contributed by atoms with Crippen molar-refractivity contribution in [2.75, 3.05) is 0 Å². The number of hydrazone groups is 1. The number of fused-ring (bicyclic) bond motifs is 1. The summed E-state index contributed by atoms with van der Waals surface area (Å²) in [4.78, 5) is 17.2. The molecule has 0 radical (unpaired) electrons. The Balaban J connectivity index is 1.53. The minimum atomic E-state index is -0.416. The van der Waals surface area contributed by atoms with Gasteiger partial charge in [-0.2, -0.15) is 15.1 Å². The lowest BCUT2D eigenvalue weighted by atomic mass is 10.1. The summed E-state index contributed by atoms with van der Waals surface area (Å²) in [5.41, 5.74) is 8.83. The number of aryl methyl sites for hydroxylation is 3. The van der Waals surface area contributed by atoms with Crippen LogP contribution in [0.25, 0.3) is 11.8 Å². The molecule has 0 unspecified atom stereocenters. The highest BCUT2D eigenvalue weighted by molar-refractivity contribution is 8.27. The number of aliphatic imine (C=N–C) groups is 1. The summed E-state index contributed by atoms with van der Waals surface area (Å²) >= 11 is 1.32. The molecule has 5 rings (SSSR count). The standard InChI is InChI=1S/C27H25N5OS/c1-15-8-6-10-20(12-15)26-30-32-24(28)22(25(33)29-27(32)34-26)14-21-13-17(3)31(19(21)5)23-11-7-9-16(2)18(23)4/h6-14,28H,1-5H3. The maximum absolute atomic E-state index is 12.9. The van der Waals surface area contributed by atoms with Gasteiger partial charge in [0.25, 0.3) is 5.91 Å². The highest BCUT2D eigenvalue weighted by Gasteiger charge is 2.36. The first-order chi connectivity index (χ1) is 16.2. The third-order valence-electron chi connectivity index (χ3n) is 6.31. The molecule has 1 aromatic heterocycles. The normalized spacial score (nSPS) is 16.7. The second kappa shape index (κ2) is 8.25. The van der Waals surface area contributed by atoms with E-state index >= 15 is 0 Å². The number of aromatic nitrogens is 1. The maximum Gasteiger partial charge on any atom is 0.283 e. The number of nitrogens with one attached hydrogen (secondary N) is 1. The van der Waals surface area contributed by atoms with Crippen molar-refractivity contribution in [1.29, 1.82) is 5.41 Å². The van der Waals surface area contributed by atoms with Crippen molar-refractivity contribution in [3.05, 3.63) is 93.3 Å². The Morgan fingerprint density at radius 3 is 2.53 bits per heavy atom. The highest BCUT2D eigenvalue weighted by atomic mass is 32.2. The summed E-state index contributed by atoms with van der Waals surface area (Å²) in [6, 6.07) is 16.3. The SMILES string of the molecule is Cc1cccc(C2=NN3C(=N)C(=Cc4cc(C)n(-c5cccc(C)c5C)c4C)C(=O)N=C3S2)c1. The Hall–Kier alpha value is -3.71. The van der Waals surface area contributed by atoms with Gasteiger partial charge in [0.05, 0.1) is 5.57 Å². The number of nitrogens with zero attached hydrogens (tertiary/aromatic N) is 4. The van der Waals surface area contributed by atoms with Crippen molar-refractivity contribution in [1.82, 2.24) is 9.58 Å². The first-order valence-electron chi connectivity index (χ1n) is 11.1. The van der Waals surface area contributed by atoms with Crippen LogP contribution in [0.15, 0.2) is 64.2 Å². The molecule has 1 N–H and O–H groups in total. The summed E-state index contributed by atoms with van der Waals surface area (Å²) in [6.45, 7) is 10.3. The van der Waals surface area contributed by atoms with Crippen LogP contribution in [0.2, 0.25) is 0 Å². The van der Waals surface area contributed by atoms with Gasteiger partial charge in [0.15, 0.2) is 5.84 Å². The lowest BCUT2D eigenvalue weighted by Crippen LogP contribution is -2.35. The van der Waals surface area contributed by atoms with Crippen molar-refractivity contribution < 1.29 is 4.79 Å². The molecule has 2 aliphatic heterocycles. The number of benzene rings is 2. The van der Waals surface area contributed by atoms with Gasteiger partial charge >= 0.3 is 0 Å². The number of hydrogen-bond donors (Lipinski definition) is 1. The van der Waals surface area contributed by atoms with Crippen LogP contribution >= 0.6 is 11.8 Å². The first-order valence-corrected chi connectivity index (χ1v) is 11.9. The zero-order valence-electron chi connectivity index (χ0n) is 19.8. The van der Waals surface area contributed by atoms with E-state index in [9.17, 15) is 4.79 Å². The van der Waals surface area contributed by atoms with Gasteiger partial charge in [0.2, 0.25) is 5.17 Å². The third kappa shape index (κ3) is 3.62. The van der Waals surface area contributed by atoms with Crippen molar-refractivity contribution in [3.8, 4) is 5.69 Å². The molecule has 2 aromatic carbocycles. The van der Waals surface area contributed by atoms with Crippen molar-refractivity contribution >= 4 is 39.8 Å². The topological polar surface area (TPSA) is 73.8 Å². The maximum atomic E-state index is 12.9. The second-order valence-corrected chi connectivity index (χ2v) is 9.63. The number of hydrogen-bond acceptors (Lipinski definition) is 4.